The Kier molecular flexibility index (Phi) is 4.84. The van der Waals surface area contributed by atoms with Gasteiger partial charge in [0.25, 0.3) is 0 Å². The molecule has 2 aromatic rings. The molecule has 24 heavy (non-hydrogen) atoms. The molecule has 2 aromatic carbocycles. The van der Waals surface area contributed by atoms with E-state index in [-0.39, 0.29) is 11.6 Å². The van der Waals surface area contributed by atoms with Crippen molar-refractivity contribution in [1.82, 2.24) is 4.90 Å². The second kappa shape index (κ2) is 7.21. The van der Waals surface area contributed by atoms with Crippen molar-refractivity contribution < 1.29 is 9.50 Å². The lowest BCUT2D eigenvalue weighted by Crippen LogP contribution is -2.51. The van der Waals surface area contributed by atoms with Crippen LogP contribution in [-0.4, -0.2) is 42.1 Å². The van der Waals surface area contributed by atoms with E-state index in [1.807, 2.05) is 12.1 Å². The molecule has 126 valence electrons. The highest BCUT2D eigenvalue weighted by atomic mass is 19.1. The molecule has 1 aliphatic rings. The van der Waals surface area contributed by atoms with E-state index >= 15 is 0 Å². The minimum atomic E-state index is -0.219. The summed E-state index contributed by atoms with van der Waals surface area (Å²) in [7, 11) is 0. The lowest BCUT2D eigenvalue weighted by atomic mass is 10.2. The van der Waals surface area contributed by atoms with E-state index < -0.39 is 0 Å². The minimum absolute atomic E-state index is 0.219. The third kappa shape index (κ3) is 3.95. The van der Waals surface area contributed by atoms with Crippen LogP contribution in [-0.2, 0) is 6.54 Å². The number of guanidine groups is 1. The van der Waals surface area contributed by atoms with Gasteiger partial charge in [-0.3, -0.25) is 0 Å². The zero-order valence-electron chi connectivity index (χ0n) is 13.4. The minimum Gasteiger partial charge on any atom is -0.508 e. The van der Waals surface area contributed by atoms with Crippen molar-refractivity contribution >= 4 is 11.6 Å². The molecule has 0 saturated carbocycles. The quantitative estimate of drug-likeness (QED) is 0.669. The molecule has 0 aromatic heterocycles. The van der Waals surface area contributed by atoms with Crippen LogP contribution in [0.25, 0.3) is 0 Å². The molecule has 1 saturated heterocycles. The smallest absolute Gasteiger partial charge is 0.191 e. The van der Waals surface area contributed by atoms with E-state index in [0.717, 1.165) is 37.4 Å². The molecule has 0 spiro atoms. The largest absolute Gasteiger partial charge is 0.508 e. The van der Waals surface area contributed by atoms with Gasteiger partial charge in [0.05, 0.1) is 6.54 Å². The number of anilines is 1. The van der Waals surface area contributed by atoms with Gasteiger partial charge in [0, 0.05) is 31.9 Å². The molecule has 1 heterocycles. The highest BCUT2D eigenvalue weighted by Crippen LogP contribution is 2.17. The maximum absolute atomic E-state index is 13.0. The highest BCUT2D eigenvalue weighted by molar-refractivity contribution is 5.78. The Bertz CT molecular complexity index is 692. The Morgan fingerprint density at radius 3 is 2.25 bits per heavy atom. The van der Waals surface area contributed by atoms with Gasteiger partial charge in [-0.15, -0.1) is 0 Å². The third-order valence-corrected chi connectivity index (χ3v) is 4.16. The number of nitrogens with zero attached hydrogens (tertiary/aromatic N) is 3. The second-order valence-corrected chi connectivity index (χ2v) is 5.79. The molecular formula is C18H21FN4O. The molecule has 1 aliphatic heterocycles. The van der Waals surface area contributed by atoms with E-state index in [9.17, 15) is 9.50 Å². The van der Waals surface area contributed by atoms with Crippen LogP contribution in [0.1, 0.15) is 5.56 Å². The number of hydrogen-bond acceptors (Lipinski definition) is 3. The fraction of sp³-hybridized carbons (Fsp3) is 0.278. The molecule has 0 aliphatic carbocycles. The average Bonchev–Trinajstić information content (AvgIpc) is 2.62. The molecule has 0 atom stereocenters. The summed E-state index contributed by atoms with van der Waals surface area (Å²) in [6.07, 6.45) is 0. The highest BCUT2D eigenvalue weighted by Gasteiger charge is 2.18. The van der Waals surface area contributed by atoms with Crippen molar-refractivity contribution in [2.24, 2.45) is 10.7 Å². The predicted octanol–water partition coefficient (Wildman–Crippen LogP) is 2.17. The molecule has 3 rings (SSSR count). The number of phenolic OH excluding ortho intramolecular Hbond substituents is 1. The Morgan fingerprint density at radius 1 is 1.00 bits per heavy atom. The third-order valence-electron chi connectivity index (χ3n) is 4.16. The monoisotopic (exact) mass is 328 g/mol. The van der Waals surface area contributed by atoms with Gasteiger partial charge in [0.15, 0.2) is 5.96 Å². The fourth-order valence-corrected chi connectivity index (χ4v) is 2.72. The molecule has 5 nitrogen and oxygen atoms in total. The summed E-state index contributed by atoms with van der Waals surface area (Å²) in [5.74, 6) is 0.553. The first-order chi connectivity index (χ1) is 11.6. The van der Waals surface area contributed by atoms with Crippen LogP contribution in [0.4, 0.5) is 10.1 Å². The van der Waals surface area contributed by atoms with Gasteiger partial charge >= 0.3 is 0 Å². The fourth-order valence-electron chi connectivity index (χ4n) is 2.72. The van der Waals surface area contributed by atoms with Crippen LogP contribution in [0.15, 0.2) is 53.5 Å². The SMILES string of the molecule is NC(=NCc1ccc(O)cc1)N1CCN(c2ccc(F)cc2)CC1. The zero-order valence-corrected chi connectivity index (χ0v) is 13.4. The number of benzene rings is 2. The van der Waals surface area contributed by atoms with Crippen LogP contribution < -0.4 is 10.6 Å². The number of piperazine rings is 1. The van der Waals surface area contributed by atoms with Crippen LogP contribution in [0.3, 0.4) is 0 Å². The van der Waals surface area contributed by atoms with Gasteiger partial charge in [-0.25, -0.2) is 9.38 Å². The number of hydrogen-bond donors (Lipinski definition) is 2. The van der Waals surface area contributed by atoms with Gasteiger partial charge in [0.1, 0.15) is 11.6 Å². The molecule has 0 amide bonds. The summed E-state index contributed by atoms with van der Waals surface area (Å²) in [5, 5.41) is 9.28. The Labute approximate surface area is 140 Å². The average molecular weight is 328 g/mol. The number of aromatic hydroxyl groups is 1. The van der Waals surface area contributed by atoms with Gasteiger partial charge in [-0.1, -0.05) is 12.1 Å². The first-order valence-corrected chi connectivity index (χ1v) is 7.95. The second-order valence-electron chi connectivity index (χ2n) is 5.79. The van der Waals surface area contributed by atoms with E-state index in [1.165, 1.54) is 12.1 Å². The normalized spacial score (nSPS) is 15.6. The van der Waals surface area contributed by atoms with Crippen molar-refractivity contribution in [2.75, 3.05) is 31.1 Å². The van der Waals surface area contributed by atoms with E-state index in [0.29, 0.717) is 12.5 Å². The lowest BCUT2D eigenvalue weighted by molar-refractivity contribution is 0.380. The molecule has 0 bridgehead atoms. The Hall–Kier alpha value is -2.76. The topological polar surface area (TPSA) is 65.1 Å². The summed E-state index contributed by atoms with van der Waals surface area (Å²) >= 11 is 0. The standard InChI is InChI=1S/C18H21FN4O/c19-15-3-5-16(6-4-15)22-9-11-23(12-10-22)18(20)21-13-14-1-7-17(24)8-2-14/h1-8,24H,9-13H2,(H2,20,21). The van der Waals surface area contributed by atoms with Crippen molar-refractivity contribution in [2.45, 2.75) is 6.54 Å². The van der Waals surface area contributed by atoms with Crippen LogP contribution in [0.2, 0.25) is 0 Å². The molecular weight excluding hydrogens is 307 g/mol. The van der Waals surface area contributed by atoms with Crippen LogP contribution in [0, 0.1) is 5.82 Å². The Morgan fingerprint density at radius 2 is 1.62 bits per heavy atom. The number of halogens is 1. The van der Waals surface area contributed by atoms with Crippen LogP contribution in [0.5, 0.6) is 5.75 Å². The van der Waals surface area contributed by atoms with Gasteiger partial charge < -0.3 is 20.6 Å². The first-order valence-electron chi connectivity index (χ1n) is 7.95. The van der Waals surface area contributed by atoms with E-state index in [4.69, 9.17) is 5.73 Å². The lowest BCUT2D eigenvalue weighted by Gasteiger charge is -2.36. The first kappa shape index (κ1) is 16.1. The predicted molar refractivity (Wildman–Crippen MR) is 93.6 cm³/mol. The number of rotatable bonds is 3. The number of phenols is 1. The van der Waals surface area contributed by atoms with Crippen molar-refractivity contribution in [1.29, 1.82) is 0 Å². The molecule has 1 fully saturated rings. The number of aliphatic imine (C=N–C) groups is 1. The zero-order chi connectivity index (χ0) is 16.9. The maximum atomic E-state index is 13.0. The summed E-state index contributed by atoms with van der Waals surface area (Å²) in [4.78, 5) is 8.70. The molecule has 0 radical (unpaired) electrons. The summed E-state index contributed by atoms with van der Waals surface area (Å²) in [5.41, 5.74) is 8.11. The Balaban J connectivity index is 1.54. The molecule has 6 heteroatoms. The van der Waals surface area contributed by atoms with Gasteiger partial charge in [-0.2, -0.15) is 0 Å². The van der Waals surface area contributed by atoms with Crippen LogP contribution >= 0.6 is 0 Å². The summed E-state index contributed by atoms with van der Waals surface area (Å²) in [6, 6.07) is 13.5. The van der Waals surface area contributed by atoms with Crippen molar-refractivity contribution in [3.8, 4) is 5.75 Å². The van der Waals surface area contributed by atoms with E-state index in [1.54, 1.807) is 24.3 Å². The van der Waals surface area contributed by atoms with Crippen molar-refractivity contribution in [3.05, 3.63) is 59.9 Å². The van der Waals surface area contributed by atoms with Gasteiger partial charge in [-0.05, 0) is 42.0 Å². The number of nitrogens with two attached hydrogens (primary N) is 1. The van der Waals surface area contributed by atoms with Gasteiger partial charge in [0.2, 0.25) is 0 Å². The van der Waals surface area contributed by atoms with E-state index in [2.05, 4.69) is 14.8 Å². The summed E-state index contributed by atoms with van der Waals surface area (Å²) < 4.78 is 13.0. The molecule has 0 unspecified atom stereocenters. The molecule has 3 N–H and O–H groups in total. The summed E-state index contributed by atoms with van der Waals surface area (Å²) in [6.45, 7) is 3.69. The maximum Gasteiger partial charge on any atom is 0.191 e. The van der Waals surface area contributed by atoms with Crippen molar-refractivity contribution in [3.63, 3.8) is 0 Å².